The predicted molar refractivity (Wildman–Crippen MR) is 97.4 cm³/mol. The first kappa shape index (κ1) is 17.8. The summed E-state index contributed by atoms with van der Waals surface area (Å²) in [7, 11) is 1.61. The monoisotopic (exact) mass is 345 g/mol. The first-order chi connectivity index (χ1) is 11.5. The Bertz CT molecular complexity index is 699. The number of anilines is 2. The number of benzene rings is 2. The molecule has 0 fully saturated rings. The van der Waals surface area contributed by atoms with Crippen molar-refractivity contribution < 1.29 is 9.59 Å². The summed E-state index contributed by atoms with van der Waals surface area (Å²) in [4.78, 5) is 23.5. The molecule has 2 amide bonds. The molecule has 0 aliphatic carbocycles. The molecular formula is C18H20ClN3O2. The topological polar surface area (TPSA) is 70.2 Å². The van der Waals surface area contributed by atoms with Gasteiger partial charge in [0.2, 0.25) is 11.8 Å². The lowest BCUT2D eigenvalue weighted by atomic mass is 10.1. The molecule has 0 heterocycles. The molecule has 0 bridgehead atoms. The Morgan fingerprint density at radius 3 is 2.17 bits per heavy atom. The smallest absolute Gasteiger partial charge is 0.246 e. The van der Waals surface area contributed by atoms with Gasteiger partial charge in [0.15, 0.2) is 0 Å². The molecule has 0 saturated heterocycles. The van der Waals surface area contributed by atoms with Gasteiger partial charge in [0, 0.05) is 23.4 Å². The van der Waals surface area contributed by atoms with Crippen molar-refractivity contribution in [2.45, 2.75) is 19.4 Å². The number of rotatable bonds is 6. The van der Waals surface area contributed by atoms with Gasteiger partial charge in [-0.1, -0.05) is 23.7 Å². The summed E-state index contributed by atoms with van der Waals surface area (Å²) in [5.74, 6) is -0.182. The molecule has 6 heteroatoms. The van der Waals surface area contributed by atoms with E-state index in [1.165, 1.54) is 0 Å². The van der Waals surface area contributed by atoms with E-state index >= 15 is 0 Å². The van der Waals surface area contributed by atoms with Crippen molar-refractivity contribution in [3.63, 3.8) is 0 Å². The van der Waals surface area contributed by atoms with E-state index in [-0.39, 0.29) is 11.8 Å². The van der Waals surface area contributed by atoms with Crippen LogP contribution in [0.2, 0.25) is 5.02 Å². The highest BCUT2D eigenvalue weighted by atomic mass is 35.5. The highest BCUT2D eigenvalue weighted by Gasteiger charge is 2.13. The summed E-state index contributed by atoms with van der Waals surface area (Å²) >= 11 is 5.82. The van der Waals surface area contributed by atoms with Crippen LogP contribution >= 0.6 is 11.6 Å². The van der Waals surface area contributed by atoms with Gasteiger partial charge in [0.25, 0.3) is 0 Å². The normalized spacial score (nSPS) is 11.5. The van der Waals surface area contributed by atoms with Crippen molar-refractivity contribution in [3.8, 4) is 0 Å². The van der Waals surface area contributed by atoms with Crippen LogP contribution in [0, 0.1) is 0 Å². The van der Waals surface area contributed by atoms with Crippen LogP contribution in [-0.4, -0.2) is 24.9 Å². The quantitative estimate of drug-likeness (QED) is 0.753. The van der Waals surface area contributed by atoms with E-state index in [4.69, 9.17) is 11.6 Å². The van der Waals surface area contributed by atoms with E-state index in [1.807, 2.05) is 24.3 Å². The van der Waals surface area contributed by atoms with Gasteiger partial charge >= 0.3 is 0 Å². The van der Waals surface area contributed by atoms with Crippen molar-refractivity contribution >= 4 is 34.8 Å². The molecule has 0 spiro atoms. The number of hydrogen-bond acceptors (Lipinski definition) is 3. The second kappa shape index (κ2) is 8.36. The van der Waals surface area contributed by atoms with E-state index in [9.17, 15) is 9.59 Å². The third-order valence-electron chi connectivity index (χ3n) is 3.49. The fourth-order valence-electron chi connectivity index (χ4n) is 2.09. The maximum Gasteiger partial charge on any atom is 0.246 e. The molecule has 5 nitrogen and oxygen atoms in total. The fraction of sp³-hybridized carbons (Fsp3) is 0.222. The summed E-state index contributed by atoms with van der Waals surface area (Å²) in [5, 5.41) is 9.16. The molecule has 1 unspecified atom stereocenters. The molecule has 0 saturated carbocycles. The standard InChI is InChI=1S/C18H20ClN3O2/c1-12(18(24)22-16-9-5-14(19)6-10-16)21-15-7-3-13(4-8-15)11-17(23)20-2/h3-10,12,21H,11H2,1-2H3,(H,20,23)(H,22,24). The van der Waals surface area contributed by atoms with Crippen molar-refractivity contribution in [1.82, 2.24) is 5.32 Å². The second-order valence-electron chi connectivity index (χ2n) is 5.41. The SMILES string of the molecule is CNC(=O)Cc1ccc(NC(C)C(=O)Nc2ccc(Cl)cc2)cc1. The molecule has 126 valence electrons. The summed E-state index contributed by atoms with van der Waals surface area (Å²) in [6, 6.07) is 14.0. The number of amides is 2. The van der Waals surface area contributed by atoms with Crippen molar-refractivity contribution in [3.05, 3.63) is 59.1 Å². The Kier molecular flexibility index (Phi) is 6.21. The van der Waals surface area contributed by atoms with Crippen LogP contribution in [0.5, 0.6) is 0 Å². The maximum atomic E-state index is 12.2. The largest absolute Gasteiger partial charge is 0.374 e. The maximum absolute atomic E-state index is 12.2. The number of likely N-dealkylation sites (N-methyl/N-ethyl adjacent to an activating group) is 1. The first-order valence-electron chi connectivity index (χ1n) is 7.60. The molecule has 1 atom stereocenters. The zero-order valence-electron chi connectivity index (χ0n) is 13.6. The molecule has 24 heavy (non-hydrogen) atoms. The van der Waals surface area contributed by atoms with Crippen LogP contribution < -0.4 is 16.0 Å². The van der Waals surface area contributed by atoms with Gasteiger partial charge in [-0.05, 0) is 48.9 Å². The Morgan fingerprint density at radius 2 is 1.58 bits per heavy atom. The lowest BCUT2D eigenvalue weighted by Crippen LogP contribution is -2.31. The average Bonchev–Trinajstić information content (AvgIpc) is 2.58. The lowest BCUT2D eigenvalue weighted by Gasteiger charge is -2.15. The minimum Gasteiger partial charge on any atom is -0.374 e. The molecule has 2 aromatic carbocycles. The summed E-state index contributed by atoms with van der Waals surface area (Å²) in [5.41, 5.74) is 2.42. The third-order valence-corrected chi connectivity index (χ3v) is 3.74. The van der Waals surface area contributed by atoms with Crippen LogP contribution in [0.15, 0.2) is 48.5 Å². The van der Waals surface area contributed by atoms with E-state index < -0.39 is 6.04 Å². The summed E-state index contributed by atoms with van der Waals surface area (Å²) < 4.78 is 0. The molecule has 2 aromatic rings. The minimum atomic E-state index is -0.412. The van der Waals surface area contributed by atoms with Gasteiger partial charge in [0.1, 0.15) is 6.04 Å². The van der Waals surface area contributed by atoms with Crippen LogP contribution in [0.4, 0.5) is 11.4 Å². The Balaban J connectivity index is 1.91. The number of carbonyl (C=O) groups is 2. The van der Waals surface area contributed by atoms with Crippen molar-refractivity contribution in [1.29, 1.82) is 0 Å². The zero-order chi connectivity index (χ0) is 17.5. The molecule has 0 aliphatic rings. The van der Waals surface area contributed by atoms with Crippen molar-refractivity contribution in [2.24, 2.45) is 0 Å². The Morgan fingerprint density at radius 1 is 1.00 bits per heavy atom. The Hall–Kier alpha value is -2.53. The molecule has 0 radical (unpaired) electrons. The van der Waals surface area contributed by atoms with Gasteiger partial charge in [-0.3, -0.25) is 9.59 Å². The first-order valence-corrected chi connectivity index (χ1v) is 7.98. The van der Waals surface area contributed by atoms with Crippen molar-refractivity contribution in [2.75, 3.05) is 17.7 Å². The fourth-order valence-corrected chi connectivity index (χ4v) is 2.22. The van der Waals surface area contributed by atoms with E-state index in [1.54, 1.807) is 38.2 Å². The molecular weight excluding hydrogens is 326 g/mol. The number of carbonyl (C=O) groups excluding carboxylic acids is 2. The van der Waals surface area contributed by atoms with Gasteiger partial charge in [-0.25, -0.2) is 0 Å². The van der Waals surface area contributed by atoms with E-state index in [2.05, 4.69) is 16.0 Å². The van der Waals surface area contributed by atoms with Gasteiger partial charge < -0.3 is 16.0 Å². The van der Waals surface area contributed by atoms with Crippen LogP contribution in [0.25, 0.3) is 0 Å². The van der Waals surface area contributed by atoms with Crippen LogP contribution in [0.3, 0.4) is 0 Å². The lowest BCUT2D eigenvalue weighted by molar-refractivity contribution is -0.120. The van der Waals surface area contributed by atoms with Gasteiger partial charge in [-0.15, -0.1) is 0 Å². The predicted octanol–water partition coefficient (Wildman–Crippen LogP) is 3.07. The van der Waals surface area contributed by atoms with E-state index in [0.29, 0.717) is 17.1 Å². The van der Waals surface area contributed by atoms with Gasteiger partial charge in [-0.2, -0.15) is 0 Å². The minimum absolute atomic E-state index is 0.0357. The van der Waals surface area contributed by atoms with Crippen LogP contribution in [0.1, 0.15) is 12.5 Å². The number of hydrogen-bond donors (Lipinski definition) is 3. The van der Waals surface area contributed by atoms with Gasteiger partial charge in [0.05, 0.1) is 6.42 Å². The Labute approximate surface area is 146 Å². The number of nitrogens with one attached hydrogen (secondary N) is 3. The molecule has 0 aromatic heterocycles. The highest BCUT2D eigenvalue weighted by Crippen LogP contribution is 2.15. The average molecular weight is 346 g/mol. The summed E-state index contributed by atoms with van der Waals surface area (Å²) in [6.07, 6.45) is 0.337. The summed E-state index contributed by atoms with van der Waals surface area (Å²) in [6.45, 7) is 1.78. The molecule has 3 N–H and O–H groups in total. The van der Waals surface area contributed by atoms with E-state index in [0.717, 1.165) is 11.3 Å². The zero-order valence-corrected chi connectivity index (χ0v) is 14.4. The molecule has 0 aliphatic heterocycles. The third kappa shape index (κ3) is 5.28. The van der Waals surface area contributed by atoms with Crippen LogP contribution in [-0.2, 0) is 16.0 Å². The highest BCUT2D eigenvalue weighted by molar-refractivity contribution is 6.30. The molecule has 2 rings (SSSR count). The second-order valence-corrected chi connectivity index (χ2v) is 5.85. The number of halogens is 1.